The highest BCUT2D eigenvalue weighted by molar-refractivity contribution is 6.27. The summed E-state index contributed by atoms with van der Waals surface area (Å²) >= 11 is 0. The summed E-state index contributed by atoms with van der Waals surface area (Å²) in [6.45, 7) is 2.10. The van der Waals surface area contributed by atoms with Gasteiger partial charge in [0, 0.05) is 17.4 Å². The van der Waals surface area contributed by atoms with Crippen molar-refractivity contribution in [2.75, 3.05) is 11.5 Å². The van der Waals surface area contributed by atoms with Gasteiger partial charge in [-0.25, -0.2) is 4.79 Å². The number of carbonyl (C=O) groups excluding carboxylic acids is 4. The summed E-state index contributed by atoms with van der Waals surface area (Å²) in [6, 6.07) is 16.0. The van der Waals surface area contributed by atoms with E-state index in [1.54, 1.807) is 19.1 Å². The number of esters is 1. The largest absolute Gasteiger partial charge is 0.462 e. The highest BCUT2D eigenvalue weighted by Gasteiger charge is 2.40. The third kappa shape index (κ3) is 3.55. The molecule has 1 fully saturated rings. The number of hydrogen-bond acceptors (Lipinski definition) is 5. The van der Waals surface area contributed by atoms with Crippen LogP contribution in [-0.2, 0) is 20.7 Å². The molecule has 0 radical (unpaired) electrons. The van der Waals surface area contributed by atoms with Crippen molar-refractivity contribution in [3.05, 3.63) is 76.9 Å². The number of piperidine rings is 1. The molecule has 33 heavy (non-hydrogen) atoms. The fourth-order valence-corrected chi connectivity index (χ4v) is 4.65. The molecule has 2 heterocycles. The van der Waals surface area contributed by atoms with Crippen molar-refractivity contribution in [2.45, 2.75) is 32.2 Å². The summed E-state index contributed by atoms with van der Waals surface area (Å²) in [6.07, 6.45) is 1.13. The number of anilines is 1. The van der Waals surface area contributed by atoms with Gasteiger partial charge in [-0.3, -0.25) is 24.6 Å². The Balaban J connectivity index is 1.49. The number of ether oxygens (including phenoxy) is 1. The van der Waals surface area contributed by atoms with E-state index < -0.39 is 11.9 Å². The van der Waals surface area contributed by atoms with Crippen LogP contribution in [0.4, 0.5) is 5.69 Å². The smallest absolute Gasteiger partial charge is 0.338 e. The molecule has 3 amide bonds. The summed E-state index contributed by atoms with van der Waals surface area (Å²) < 4.78 is 5.04. The quantitative estimate of drug-likeness (QED) is 0.483. The number of carbonyl (C=O) groups is 4. The van der Waals surface area contributed by atoms with Crippen LogP contribution in [0.3, 0.4) is 0 Å². The number of hydrogen-bond donors (Lipinski definition) is 1. The van der Waals surface area contributed by atoms with Crippen LogP contribution in [0, 0.1) is 0 Å². The van der Waals surface area contributed by atoms with Gasteiger partial charge < -0.3 is 4.74 Å². The van der Waals surface area contributed by atoms with E-state index in [0.717, 1.165) is 21.9 Å². The Morgan fingerprint density at radius 2 is 1.85 bits per heavy atom. The molecule has 5 rings (SSSR count). The zero-order valence-electron chi connectivity index (χ0n) is 18.1. The maximum absolute atomic E-state index is 13.2. The monoisotopic (exact) mass is 442 g/mol. The summed E-state index contributed by atoms with van der Waals surface area (Å²) in [5, 5.41) is 4.12. The van der Waals surface area contributed by atoms with Gasteiger partial charge in [0.25, 0.3) is 5.91 Å². The first-order chi connectivity index (χ1) is 16.0. The molecule has 0 spiro atoms. The molecule has 2 aliphatic heterocycles. The predicted octanol–water partition coefficient (Wildman–Crippen LogP) is 3.37. The van der Waals surface area contributed by atoms with E-state index in [4.69, 9.17) is 4.74 Å². The van der Waals surface area contributed by atoms with Gasteiger partial charge in [-0.05, 0) is 60.5 Å². The van der Waals surface area contributed by atoms with Crippen LogP contribution in [-0.4, -0.2) is 36.3 Å². The molecule has 166 valence electrons. The second-order valence-electron chi connectivity index (χ2n) is 8.21. The third-order valence-electron chi connectivity index (χ3n) is 6.20. The first kappa shape index (κ1) is 20.9. The summed E-state index contributed by atoms with van der Waals surface area (Å²) in [5.41, 5.74) is 3.83. The van der Waals surface area contributed by atoms with E-state index in [1.165, 1.54) is 4.90 Å². The van der Waals surface area contributed by atoms with Crippen LogP contribution < -0.4 is 10.2 Å². The molecule has 2 aliphatic rings. The fraction of sp³-hybridized carbons (Fsp3) is 0.231. The van der Waals surface area contributed by atoms with E-state index in [1.807, 2.05) is 42.5 Å². The normalized spacial score (nSPS) is 17.4. The Bertz CT molecular complexity index is 1310. The number of rotatable bonds is 5. The molecular weight excluding hydrogens is 420 g/mol. The lowest BCUT2D eigenvalue weighted by Gasteiger charge is -2.30. The standard InChI is InChI=1S/C26H22N2O5/c1-2-33-26(32)16-8-6-15(7-9-16)14-17-10-11-19-23-18(17)4-3-5-20(23)28(25(19)31)21-12-13-22(29)27-24(21)30/h3-11,21H,2,12-14H2,1H3,(H,27,29,30). The second kappa shape index (κ2) is 8.16. The van der Waals surface area contributed by atoms with Gasteiger partial charge in [0.15, 0.2) is 0 Å². The van der Waals surface area contributed by atoms with Gasteiger partial charge in [0.2, 0.25) is 11.8 Å². The molecule has 3 aromatic carbocycles. The summed E-state index contributed by atoms with van der Waals surface area (Å²) in [4.78, 5) is 50.7. The molecule has 7 nitrogen and oxygen atoms in total. The number of nitrogens with one attached hydrogen (secondary N) is 1. The molecule has 7 heteroatoms. The van der Waals surface area contributed by atoms with Crippen LogP contribution in [0.25, 0.3) is 10.8 Å². The SMILES string of the molecule is CCOC(=O)c1ccc(Cc2ccc3c4c(cccc24)N(C2CCC(=O)NC2=O)C3=O)cc1. The van der Waals surface area contributed by atoms with Crippen molar-refractivity contribution in [1.82, 2.24) is 5.32 Å². The highest BCUT2D eigenvalue weighted by Crippen LogP contribution is 2.41. The maximum atomic E-state index is 13.2. The van der Waals surface area contributed by atoms with E-state index in [9.17, 15) is 19.2 Å². The maximum Gasteiger partial charge on any atom is 0.338 e. The van der Waals surface area contributed by atoms with Crippen LogP contribution in [0.1, 0.15) is 51.6 Å². The Morgan fingerprint density at radius 1 is 1.06 bits per heavy atom. The zero-order valence-corrected chi connectivity index (χ0v) is 18.1. The second-order valence-corrected chi connectivity index (χ2v) is 8.21. The predicted molar refractivity (Wildman–Crippen MR) is 122 cm³/mol. The lowest BCUT2D eigenvalue weighted by Crippen LogP contribution is -2.53. The first-order valence-electron chi connectivity index (χ1n) is 11.0. The van der Waals surface area contributed by atoms with E-state index >= 15 is 0 Å². The van der Waals surface area contributed by atoms with Crippen molar-refractivity contribution in [1.29, 1.82) is 0 Å². The number of imide groups is 1. The Labute approximate surface area is 190 Å². The van der Waals surface area contributed by atoms with E-state index in [2.05, 4.69) is 5.32 Å². The van der Waals surface area contributed by atoms with Gasteiger partial charge in [-0.2, -0.15) is 0 Å². The van der Waals surface area contributed by atoms with Crippen molar-refractivity contribution >= 4 is 40.2 Å². The Kier molecular flexibility index (Phi) is 5.17. The summed E-state index contributed by atoms with van der Waals surface area (Å²) in [5.74, 6) is -1.32. The van der Waals surface area contributed by atoms with E-state index in [-0.39, 0.29) is 24.2 Å². The van der Waals surface area contributed by atoms with Gasteiger partial charge in [0.05, 0.1) is 17.9 Å². The van der Waals surface area contributed by atoms with Crippen molar-refractivity contribution in [3.8, 4) is 0 Å². The molecule has 0 aliphatic carbocycles. The first-order valence-corrected chi connectivity index (χ1v) is 11.0. The molecular formula is C26H22N2O5. The average molecular weight is 442 g/mol. The average Bonchev–Trinajstić information content (AvgIpc) is 3.09. The lowest BCUT2D eigenvalue weighted by molar-refractivity contribution is -0.134. The highest BCUT2D eigenvalue weighted by atomic mass is 16.5. The molecule has 0 bridgehead atoms. The van der Waals surface area contributed by atoms with Gasteiger partial charge in [-0.15, -0.1) is 0 Å². The minimum Gasteiger partial charge on any atom is -0.462 e. The molecule has 0 saturated carbocycles. The minimum atomic E-state index is -0.702. The van der Waals surface area contributed by atoms with Gasteiger partial charge in [0.1, 0.15) is 6.04 Å². The molecule has 1 atom stereocenters. The van der Waals surface area contributed by atoms with Crippen LogP contribution in [0.5, 0.6) is 0 Å². The lowest BCUT2D eigenvalue weighted by atomic mass is 9.95. The number of amides is 3. The third-order valence-corrected chi connectivity index (χ3v) is 6.20. The van der Waals surface area contributed by atoms with Crippen LogP contribution in [0.15, 0.2) is 54.6 Å². The molecule has 1 unspecified atom stereocenters. The van der Waals surface area contributed by atoms with Crippen molar-refractivity contribution in [3.63, 3.8) is 0 Å². The zero-order chi connectivity index (χ0) is 23.1. The summed E-state index contributed by atoms with van der Waals surface area (Å²) in [7, 11) is 0. The Hall–Kier alpha value is -4.00. The van der Waals surface area contributed by atoms with Gasteiger partial charge in [-0.1, -0.05) is 30.3 Å². The van der Waals surface area contributed by atoms with Crippen molar-refractivity contribution < 1.29 is 23.9 Å². The molecule has 1 N–H and O–H groups in total. The number of nitrogens with zero attached hydrogens (tertiary/aromatic N) is 1. The van der Waals surface area contributed by atoms with Crippen LogP contribution in [0.2, 0.25) is 0 Å². The number of benzene rings is 3. The Morgan fingerprint density at radius 3 is 2.58 bits per heavy atom. The van der Waals surface area contributed by atoms with Crippen LogP contribution >= 0.6 is 0 Å². The van der Waals surface area contributed by atoms with E-state index in [0.29, 0.717) is 36.3 Å². The fourth-order valence-electron chi connectivity index (χ4n) is 4.65. The molecule has 3 aromatic rings. The van der Waals surface area contributed by atoms with Gasteiger partial charge >= 0.3 is 5.97 Å². The topological polar surface area (TPSA) is 92.8 Å². The van der Waals surface area contributed by atoms with Crippen molar-refractivity contribution in [2.24, 2.45) is 0 Å². The molecule has 0 aromatic heterocycles. The minimum absolute atomic E-state index is 0.208. The molecule has 1 saturated heterocycles.